The molecule has 0 fully saturated rings. The molecule has 1 aromatic carbocycles. The molecular formula is C25H24F3N3S2. The molecule has 0 aliphatic rings. The topological polar surface area (TPSA) is 62.8 Å². The van der Waals surface area contributed by atoms with Crippen LogP contribution < -0.4 is 5.73 Å². The molecule has 0 spiro atoms. The van der Waals surface area contributed by atoms with Crippen LogP contribution in [0, 0.1) is 5.41 Å². The Kier molecular flexibility index (Phi) is 6.86. The van der Waals surface area contributed by atoms with Crippen LogP contribution in [0.1, 0.15) is 43.2 Å². The number of nitrogens with one attached hydrogen (secondary N) is 1. The first-order valence-corrected chi connectivity index (χ1v) is 12.4. The van der Waals surface area contributed by atoms with Gasteiger partial charge in [0.1, 0.15) is 5.70 Å². The largest absolute Gasteiger partial charge is 0.430 e. The van der Waals surface area contributed by atoms with E-state index in [-0.39, 0.29) is 11.4 Å². The Morgan fingerprint density at radius 1 is 1.03 bits per heavy atom. The second-order valence-electron chi connectivity index (χ2n) is 8.00. The summed E-state index contributed by atoms with van der Waals surface area (Å²) in [7, 11) is 0. The lowest BCUT2D eigenvalue weighted by Crippen LogP contribution is -2.20. The highest BCUT2D eigenvalue weighted by Gasteiger charge is 2.31. The fourth-order valence-corrected chi connectivity index (χ4v) is 5.89. The average Bonchev–Trinajstić information content (AvgIpc) is 3.37. The lowest BCUT2D eigenvalue weighted by atomic mass is 10.1. The number of hydrogen-bond acceptors (Lipinski definition) is 5. The number of rotatable bonds is 8. The van der Waals surface area contributed by atoms with Crippen LogP contribution >= 0.6 is 22.7 Å². The van der Waals surface area contributed by atoms with E-state index >= 15 is 0 Å². The molecular weight excluding hydrogens is 463 g/mol. The third-order valence-electron chi connectivity index (χ3n) is 5.43. The molecule has 33 heavy (non-hydrogen) atoms. The Hall–Kier alpha value is -2.71. The SMILES string of the molecule is CCCCCCc1cc2cc3sc(-c4ccnc(C(=N)C=C(N)C(F)(F)F)c4)cc3cc2s1. The van der Waals surface area contributed by atoms with Gasteiger partial charge in [0.05, 0.1) is 11.4 Å². The van der Waals surface area contributed by atoms with Crippen LogP contribution in [0.25, 0.3) is 30.6 Å². The zero-order valence-electron chi connectivity index (χ0n) is 18.1. The normalized spacial score (nSPS) is 12.7. The minimum atomic E-state index is -4.67. The molecule has 3 heterocycles. The first-order chi connectivity index (χ1) is 15.7. The zero-order chi connectivity index (χ0) is 23.6. The van der Waals surface area contributed by atoms with Gasteiger partial charge in [-0.25, -0.2) is 0 Å². The summed E-state index contributed by atoms with van der Waals surface area (Å²) in [4.78, 5) is 6.45. The van der Waals surface area contributed by atoms with Crippen molar-refractivity contribution in [3.05, 3.63) is 64.9 Å². The molecule has 3 N–H and O–H groups in total. The Morgan fingerprint density at radius 3 is 2.48 bits per heavy atom. The van der Waals surface area contributed by atoms with Crippen molar-refractivity contribution in [2.24, 2.45) is 5.73 Å². The Bertz CT molecular complexity index is 1280. The molecule has 0 unspecified atom stereocenters. The van der Waals surface area contributed by atoms with Crippen LogP contribution in [0.4, 0.5) is 13.2 Å². The fraction of sp³-hybridized carbons (Fsp3) is 0.280. The third-order valence-corrected chi connectivity index (χ3v) is 7.74. The van der Waals surface area contributed by atoms with Crippen LogP contribution in [-0.4, -0.2) is 16.9 Å². The van der Waals surface area contributed by atoms with Crippen LogP contribution in [0.5, 0.6) is 0 Å². The highest BCUT2D eigenvalue weighted by molar-refractivity contribution is 7.23. The summed E-state index contributed by atoms with van der Waals surface area (Å²) in [5, 5.41) is 10.3. The van der Waals surface area contributed by atoms with Crippen molar-refractivity contribution in [2.75, 3.05) is 0 Å². The van der Waals surface area contributed by atoms with Crippen LogP contribution in [0.15, 0.2) is 54.4 Å². The van der Waals surface area contributed by atoms with Gasteiger partial charge >= 0.3 is 6.18 Å². The van der Waals surface area contributed by atoms with E-state index in [1.807, 2.05) is 11.3 Å². The van der Waals surface area contributed by atoms with E-state index in [1.54, 1.807) is 23.5 Å². The van der Waals surface area contributed by atoms with Crippen LogP contribution in [-0.2, 0) is 6.42 Å². The lowest BCUT2D eigenvalue weighted by molar-refractivity contribution is -0.0925. The van der Waals surface area contributed by atoms with Crippen LogP contribution in [0.2, 0.25) is 0 Å². The second kappa shape index (κ2) is 9.65. The maximum Gasteiger partial charge on any atom is 0.430 e. The third kappa shape index (κ3) is 5.45. The molecule has 0 saturated carbocycles. The average molecular weight is 488 g/mol. The number of aromatic nitrogens is 1. The Labute approximate surface area is 198 Å². The number of pyridine rings is 1. The minimum Gasteiger partial charge on any atom is -0.395 e. The van der Waals surface area contributed by atoms with E-state index in [1.165, 1.54) is 46.8 Å². The summed E-state index contributed by atoms with van der Waals surface area (Å²) in [6, 6.07) is 12.2. The number of allylic oxidation sites excluding steroid dienone is 2. The number of alkyl halides is 3. The Balaban J connectivity index is 1.59. The number of hydrogen-bond donors (Lipinski definition) is 2. The summed E-state index contributed by atoms with van der Waals surface area (Å²) < 4.78 is 40.5. The molecule has 3 aromatic heterocycles. The van der Waals surface area contributed by atoms with Crippen molar-refractivity contribution in [2.45, 2.75) is 45.2 Å². The number of halogens is 3. The highest BCUT2D eigenvalue weighted by atomic mass is 32.1. The van der Waals surface area contributed by atoms with Gasteiger partial charge in [0, 0.05) is 25.4 Å². The van der Waals surface area contributed by atoms with E-state index in [9.17, 15) is 13.2 Å². The number of thiophene rings is 2. The zero-order valence-corrected chi connectivity index (χ0v) is 19.8. The van der Waals surface area contributed by atoms with E-state index < -0.39 is 11.9 Å². The van der Waals surface area contributed by atoms with Gasteiger partial charge in [-0.1, -0.05) is 26.2 Å². The summed E-state index contributed by atoms with van der Waals surface area (Å²) in [6.07, 6.45) is 3.58. The summed E-state index contributed by atoms with van der Waals surface area (Å²) in [5.74, 6) is 0. The second-order valence-corrected chi connectivity index (χ2v) is 10.3. The molecule has 0 atom stereocenters. The molecule has 4 aromatic rings. The van der Waals surface area contributed by atoms with Gasteiger partial charge in [0.2, 0.25) is 0 Å². The van der Waals surface area contributed by atoms with E-state index in [0.29, 0.717) is 6.08 Å². The van der Waals surface area contributed by atoms with Gasteiger partial charge in [-0.2, -0.15) is 13.2 Å². The summed E-state index contributed by atoms with van der Waals surface area (Å²) in [6.45, 7) is 2.22. The highest BCUT2D eigenvalue weighted by Crippen LogP contribution is 2.38. The standard InChI is InChI=1S/C25H24F3N3S2/c1-2-3-4-5-6-18-9-16-11-23-17(13-22(16)32-18)12-21(33-23)15-7-8-31-20(10-15)19(29)14-24(30)25(26,27)28/h7-14,29H,2-6,30H2,1H3. The molecule has 0 aliphatic carbocycles. The maximum atomic E-state index is 12.7. The smallest absolute Gasteiger partial charge is 0.395 e. The first-order valence-electron chi connectivity index (χ1n) is 10.8. The molecule has 4 rings (SSSR count). The predicted octanol–water partition coefficient (Wildman–Crippen LogP) is 8.07. The Morgan fingerprint density at radius 2 is 1.76 bits per heavy atom. The van der Waals surface area contributed by atoms with Crippen molar-refractivity contribution in [3.8, 4) is 10.4 Å². The number of nitrogens with zero attached hydrogens (tertiary/aromatic N) is 1. The van der Waals surface area contributed by atoms with Crippen molar-refractivity contribution < 1.29 is 13.2 Å². The number of unbranched alkanes of at least 4 members (excludes halogenated alkanes) is 3. The number of benzene rings is 1. The van der Waals surface area contributed by atoms with Gasteiger partial charge in [0.15, 0.2) is 0 Å². The monoisotopic (exact) mass is 487 g/mol. The van der Waals surface area contributed by atoms with Crippen LogP contribution in [0.3, 0.4) is 0 Å². The van der Waals surface area contributed by atoms with Crippen molar-refractivity contribution in [1.82, 2.24) is 4.98 Å². The molecule has 0 radical (unpaired) electrons. The molecule has 0 aliphatic heterocycles. The molecule has 172 valence electrons. The molecule has 0 bridgehead atoms. The van der Waals surface area contributed by atoms with E-state index in [4.69, 9.17) is 11.1 Å². The number of nitrogens with two attached hydrogens (primary N) is 1. The molecule has 8 heteroatoms. The number of aryl methyl sites for hydroxylation is 1. The quantitative estimate of drug-likeness (QED) is 0.195. The van der Waals surface area contributed by atoms with Gasteiger partial charge in [-0.3, -0.25) is 10.4 Å². The van der Waals surface area contributed by atoms with Gasteiger partial charge in [-0.05, 0) is 71.7 Å². The van der Waals surface area contributed by atoms with Crippen molar-refractivity contribution >= 4 is 48.6 Å². The molecule has 0 amide bonds. The molecule has 3 nitrogen and oxygen atoms in total. The summed E-state index contributed by atoms with van der Waals surface area (Å²) in [5.41, 5.74) is 4.31. The summed E-state index contributed by atoms with van der Waals surface area (Å²) >= 11 is 3.47. The minimum absolute atomic E-state index is 0.144. The van der Waals surface area contributed by atoms with E-state index in [2.05, 4.69) is 36.2 Å². The first kappa shape index (κ1) is 23.4. The van der Waals surface area contributed by atoms with E-state index in [0.717, 1.165) is 26.9 Å². The number of fused-ring (bicyclic) bond motifs is 2. The molecule has 0 saturated heterocycles. The predicted molar refractivity (Wildman–Crippen MR) is 133 cm³/mol. The maximum absolute atomic E-state index is 12.7. The van der Waals surface area contributed by atoms with Gasteiger partial charge < -0.3 is 5.73 Å². The van der Waals surface area contributed by atoms with Crippen molar-refractivity contribution in [3.63, 3.8) is 0 Å². The van der Waals surface area contributed by atoms with Gasteiger partial charge in [0.25, 0.3) is 0 Å². The fourth-order valence-electron chi connectivity index (χ4n) is 3.66. The van der Waals surface area contributed by atoms with Gasteiger partial charge in [-0.15, -0.1) is 22.7 Å². The van der Waals surface area contributed by atoms with Crippen molar-refractivity contribution in [1.29, 1.82) is 5.41 Å². The lowest BCUT2D eigenvalue weighted by Gasteiger charge is -2.07.